The summed E-state index contributed by atoms with van der Waals surface area (Å²) in [4.78, 5) is 21.5. The average molecular weight is 491 g/mol. The molecule has 0 saturated carbocycles. The second kappa shape index (κ2) is 9.03. The van der Waals surface area contributed by atoms with Crippen LogP contribution in [0.15, 0.2) is 41.6 Å². The van der Waals surface area contributed by atoms with E-state index in [0.717, 1.165) is 35.0 Å². The van der Waals surface area contributed by atoms with Crippen molar-refractivity contribution in [2.24, 2.45) is 0 Å². The topological polar surface area (TPSA) is 66.3 Å². The Morgan fingerprint density at radius 2 is 2.15 bits per heavy atom. The SMILES string of the molecule is Cc1sc(C(=O)NCc2cccnc2N2CCC(F)(F)C2)cc1SN1CCn2nccc2C1. The van der Waals surface area contributed by atoms with Crippen molar-refractivity contribution in [2.75, 3.05) is 24.5 Å². The van der Waals surface area contributed by atoms with Gasteiger partial charge in [-0.1, -0.05) is 6.07 Å². The van der Waals surface area contributed by atoms with Gasteiger partial charge in [0, 0.05) is 53.8 Å². The van der Waals surface area contributed by atoms with Gasteiger partial charge in [-0.2, -0.15) is 5.10 Å². The normalized spacial score (nSPS) is 17.8. The fourth-order valence-corrected chi connectivity index (χ4v) is 6.17. The van der Waals surface area contributed by atoms with Gasteiger partial charge in [-0.25, -0.2) is 18.1 Å². The van der Waals surface area contributed by atoms with Crippen molar-refractivity contribution in [2.45, 2.75) is 43.8 Å². The molecule has 2 aliphatic heterocycles. The van der Waals surface area contributed by atoms with Crippen LogP contribution < -0.4 is 10.2 Å². The van der Waals surface area contributed by atoms with Gasteiger partial charge in [0.25, 0.3) is 11.8 Å². The van der Waals surface area contributed by atoms with Gasteiger partial charge in [-0.3, -0.25) is 9.48 Å². The summed E-state index contributed by atoms with van der Waals surface area (Å²) in [6, 6.07) is 7.54. The van der Waals surface area contributed by atoms with E-state index in [0.29, 0.717) is 10.7 Å². The number of aryl methyl sites for hydroxylation is 1. The minimum Gasteiger partial charge on any atom is -0.350 e. The van der Waals surface area contributed by atoms with Crippen LogP contribution in [0.5, 0.6) is 0 Å². The first-order chi connectivity index (χ1) is 15.9. The number of anilines is 1. The monoisotopic (exact) mass is 490 g/mol. The Hall–Kier alpha value is -2.50. The lowest BCUT2D eigenvalue weighted by atomic mass is 10.2. The molecule has 11 heteroatoms. The molecule has 2 aliphatic rings. The summed E-state index contributed by atoms with van der Waals surface area (Å²) in [5.74, 6) is -2.36. The number of halogens is 2. The molecule has 0 unspecified atom stereocenters. The molecule has 0 bridgehead atoms. The summed E-state index contributed by atoms with van der Waals surface area (Å²) < 4.78 is 31.6. The molecule has 1 saturated heterocycles. The van der Waals surface area contributed by atoms with Crippen LogP contribution >= 0.6 is 23.3 Å². The molecule has 7 nitrogen and oxygen atoms in total. The number of nitrogens with zero attached hydrogens (tertiary/aromatic N) is 5. The largest absolute Gasteiger partial charge is 0.350 e. The summed E-state index contributed by atoms with van der Waals surface area (Å²) in [5, 5.41) is 7.25. The molecule has 0 radical (unpaired) electrons. The Labute approximate surface area is 198 Å². The van der Waals surface area contributed by atoms with Crippen LogP contribution in [0.2, 0.25) is 0 Å². The number of amides is 1. The van der Waals surface area contributed by atoms with Gasteiger partial charge >= 0.3 is 0 Å². The van der Waals surface area contributed by atoms with E-state index in [1.165, 1.54) is 17.0 Å². The highest BCUT2D eigenvalue weighted by atomic mass is 32.2. The highest BCUT2D eigenvalue weighted by molar-refractivity contribution is 7.97. The van der Waals surface area contributed by atoms with E-state index >= 15 is 0 Å². The molecular weight excluding hydrogens is 466 g/mol. The van der Waals surface area contributed by atoms with E-state index in [-0.39, 0.29) is 32.0 Å². The fraction of sp³-hybridized carbons (Fsp3) is 0.409. The molecule has 1 amide bonds. The predicted octanol–water partition coefficient (Wildman–Crippen LogP) is 3.95. The molecule has 3 aromatic heterocycles. The van der Waals surface area contributed by atoms with Gasteiger partial charge in [-0.15, -0.1) is 11.3 Å². The second-order valence-electron chi connectivity index (χ2n) is 8.23. The van der Waals surface area contributed by atoms with Gasteiger partial charge in [0.15, 0.2) is 0 Å². The molecule has 1 fully saturated rings. The fourth-order valence-electron chi connectivity index (χ4n) is 4.08. The lowest BCUT2D eigenvalue weighted by molar-refractivity contribution is 0.0256. The molecule has 5 rings (SSSR count). The molecule has 1 N–H and O–H groups in total. The van der Waals surface area contributed by atoms with Gasteiger partial charge < -0.3 is 10.2 Å². The van der Waals surface area contributed by atoms with Crippen molar-refractivity contribution < 1.29 is 13.6 Å². The summed E-state index contributed by atoms with van der Waals surface area (Å²) in [6.07, 6.45) is 3.24. The molecular formula is C22H24F2N6OS2. The van der Waals surface area contributed by atoms with Crippen molar-refractivity contribution >= 4 is 35.0 Å². The van der Waals surface area contributed by atoms with Gasteiger partial charge in [0.2, 0.25) is 0 Å². The quantitative estimate of drug-likeness (QED) is 0.528. The Balaban J connectivity index is 1.22. The number of pyridine rings is 1. The summed E-state index contributed by atoms with van der Waals surface area (Å²) >= 11 is 3.13. The maximum atomic E-state index is 13.7. The number of aromatic nitrogens is 3. The highest BCUT2D eigenvalue weighted by Gasteiger charge is 2.39. The first kappa shape index (κ1) is 22.3. The Morgan fingerprint density at radius 1 is 1.27 bits per heavy atom. The average Bonchev–Trinajstić information content (AvgIpc) is 3.51. The van der Waals surface area contributed by atoms with Crippen LogP contribution in [0.1, 0.15) is 32.2 Å². The highest BCUT2D eigenvalue weighted by Crippen LogP contribution is 2.35. The molecule has 174 valence electrons. The van der Waals surface area contributed by atoms with E-state index in [1.54, 1.807) is 29.1 Å². The van der Waals surface area contributed by atoms with Crippen LogP contribution in [0.3, 0.4) is 0 Å². The minimum atomic E-state index is -2.70. The molecule has 33 heavy (non-hydrogen) atoms. The number of alkyl halides is 2. The van der Waals surface area contributed by atoms with E-state index in [9.17, 15) is 13.6 Å². The molecule has 3 aromatic rings. The number of carbonyl (C=O) groups is 1. The zero-order valence-electron chi connectivity index (χ0n) is 18.1. The van der Waals surface area contributed by atoms with E-state index in [4.69, 9.17) is 0 Å². The van der Waals surface area contributed by atoms with Gasteiger partial charge in [0.1, 0.15) is 5.82 Å². The Morgan fingerprint density at radius 3 is 2.97 bits per heavy atom. The van der Waals surface area contributed by atoms with E-state index in [1.807, 2.05) is 36.0 Å². The number of nitrogens with one attached hydrogen (secondary N) is 1. The number of fused-ring (bicyclic) bond motifs is 1. The maximum Gasteiger partial charge on any atom is 0.266 e. The number of thiophene rings is 1. The van der Waals surface area contributed by atoms with Crippen molar-refractivity contribution in [3.63, 3.8) is 0 Å². The molecule has 0 atom stereocenters. The standard InChI is InChI=1S/C22H24F2N6OS2/c1-15-18(33-29-9-10-30-17(13-29)4-7-27-30)11-19(32-15)21(31)26-12-16-3-2-6-25-20(16)28-8-5-22(23,24)14-28/h2-4,6-7,11H,5,8-10,12-14H2,1H3,(H,26,31). The third-order valence-electron chi connectivity index (χ3n) is 5.80. The maximum absolute atomic E-state index is 13.7. The molecule has 0 aromatic carbocycles. The minimum absolute atomic E-state index is 0.173. The Kier molecular flexibility index (Phi) is 6.11. The number of rotatable bonds is 6. The predicted molar refractivity (Wildman–Crippen MR) is 125 cm³/mol. The molecule has 0 spiro atoms. The zero-order valence-corrected chi connectivity index (χ0v) is 19.8. The molecule has 0 aliphatic carbocycles. The van der Waals surface area contributed by atoms with E-state index < -0.39 is 5.92 Å². The number of hydrogen-bond acceptors (Lipinski definition) is 7. The van der Waals surface area contributed by atoms with Crippen molar-refractivity contribution in [3.05, 3.63) is 57.7 Å². The third kappa shape index (κ3) is 4.90. The lowest BCUT2D eigenvalue weighted by Crippen LogP contribution is -2.29. The van der Waals surface area contributed by atoms with Crippen LogP contribution in [-0.2, 0) is 19.6 Å². The number of hydrogen-bond donors (Lipinski definition) is 1. The third-order valence-corrected chi connectivity index (χ3v) is 8.17. The van der Waals surface area contributed by atoms with Gasteiger partial charge in [-0.05, 0) is 37.1 Å². The second-order valence-corrected chi connectivity index (χ2v) is 10.6. The summed E-state index contributed by atoms with van der Waals surface area (Å²) in [6.45, 7) is 4.71. The van der Waals surface area contributed by atoms with Gasteiger partial charge in [0.05, 0.1) is 30.2 Å². The van der Waals surface area contributed by atoms with Crippen LogP contribution in [0.4, 0.5) is 14.6 Å². The lowest BCUT2D eigenvalue weighted by Gasteiger charge is -2.26. The van der Waals surface area contributed by atoms with E-state index in [2.05, 4.69) is 19.7 Å². The number of carbonyl (C=O) groups excluding carboxylic acids is 1. The van der Waals surface area contributed by atoms with Crippen molar-refractivity contribution in [1.82, 2.24) is 24.4 Å². The Bertz CT molecular complexity index is 1160. The summed E-state index contributed by atoms with van der Waals surface area (Å²) in [5.41, 5.74) is 1.92. The summed E-state index contributed by atoms with van der Waals surface area (Å²) in [7, 11) is 0. The first-order valence-corrected chi connectivity index (χ1v) is 12.4. The van der Waals surface area contributed by atoms with Crippen molar-refractivity contribution in [3.8, 4) is 0 Å². The first-order valence-electron chi connectivity index (χ1n) is 10.8. The smallest absolute Gasteiger partial charge is 0.266 e. The van der Waals surface area contributed by atoms with Crippen LogP contribution in [-0.4, -0.2) is 50.5 Å². The molecule has 5 heterocycles. The van der Waals surface area contributed by atoms with Crippen LogP contribution in [0, 0.1) is 6.92 Å². The van der Waals surface area contributed by atoms with Crippen molar-refractivity contribution in [1.29, 1.82) is 0 Å². The van der Waals surface area contributed by atoms with Crippen LogP contribution in [0.25, 0.3) is 0 Å². The zero-order chi connectivity index (χ0) is 23.0.